The van der Waals surface area contributed by atoms with Crippen molar-refractivity contribution in [2.24, 2.45) is 0 Å². The molecule has 0 bridgehead atoms. The molecule has 0 saturated heterocycles. The van der Waals surface area contributed by atoms with Crippen LogP contribution in [-0.4, -0.2) is 11.1 Å². The molecule has 60 valence electrons. The maximum Gasteiger partial charge on any atom is 0.173 e. The fourth-order valence-corrected chi connectivity index (χ4v) is 1.59. The highest BCUT2D eigenvalue weighted by molar-refractivity contribution is 7.89. The van der Waals surface area contributed by atoms with Crippen LogP contribution in [0.2, 0.25) is 0 Å². The van der Waals surface area contributed by atoms with Crippen LogP contribution < -0.4 is 4.72 Å². The van der Waals surface area contributed by atoms with Gasteiger partial charge in [-0.2, -0.15) is 0 Å². The monoisotopic (exact) mass is 169 g/mol. The molecular formula is C8H11NOS. The summed E-state index contributed by atoms with van der Waals surface area (Å²) in [6, 6.07) is 9.36. The van der Waals surface area contributed by atoms with Crippen molar-refractivity contribution in [3.05, 3.63) is 30.3 Å². The molecule has 0 fully saturated rings. The Morgan fingerprint density at radius 1 is 1.36 bits per heavy atom. The predicted octanol–water partition coefficient (Wildman–Crippen LogP) is 1.32. The zero-order chi connectivity index (χ0) is 8.10. The Morgan fingerprint density at radius 2 is 2.00 bits per heavy atom. The zero-order valence-corrected chi connectivity index (χ0v) is 7.23. The fourth-order valence-electron chi connectivity index (χ4n) is 0.759. The SMILES string of the molecule is CCN[S+]([O-])c1ccccc1. The van der Waals surface area contributed by atoms with Gasteiger partial charge in [-0.05, 0) is 19.1 Å². The number of benzene rings is 1. The largest absolute Gasteiger partial charge is 0.593 e. The molecule has 1 unspecified atom stereocenters. The number of rotatable bonds is 3. The molecule has 1 rings (SSSR count). The van der Waals surface area contributed by atoms with Crippen LogP contribution in [-0.2, 0) is 11.4 Å². The van der Waals surface area contributed by atoms with Crippen molar-refractivity contribution in [1.29, 1.82) is 0 Å². The van der Waals surface area contributed by atoms with Gasteiger partial charge in [-0.15, -0.1) is 4.72 Å². The average Bonchev–Trinajstić information content (AvgIpc) is 2.07. The molecule has 1 aromatic rings. The van der Waals surface area contributed by atoms with Crippen LogP contribution in [0.15, 0.2) is 35.2 Å². The first-order valence-corrected chi connectivity index (χ1v) is 4.70. The Bertz CT molecular complexity index is 203. The summed E-state index contributed by atoms with van der Waals surface area (Å²) in [5, 5.41) is 0. The molecule has 0 saturated carbocycles. The Balaban J connectivity index is 2.61. The lowest BCUT2D eigenvalue weighted by Gasteiger charge is -2.07. The second kappa shape index (κ2) is 4.38. The normalized spacial score (nSPS) is 12.9. The number of nitrogens with one attached hydrogen (secondary N) is 1. The molecule has 0 spiro atoms. The van der Waals surface area contributed by atoms with Crippen LogP contribution in [0.5, 0.6) is 0 Å². The van der Waals surface area contributed by atoms with Crippen molar-refractivity contribution in [2.75, 3.05) is 6.54 Å². The Hall–Kier alpha value is -0.510. The van der Waals surface area contributed by atoms with Crippen LogP contribution in [0.1, 0.15) is 6.92 Å². The van der Waals surface area contributed by atoms with E-state index in [9.17, 15) is 4.55 Å². The van der Waals surface area contributed by atoms with Gasteiger partial charge in [0.2, 0.25) is 0 Å². The molecule has 0 aliphatic carbocycles. The van der Waals surface area contributed by atoms with Crippen molar-refractivity contribution < 1.29 is 4.55 Å². The van der Waals surface area contributed by atoms with E-state index in [-0.39, 0.29) is 0 Å². The van der Waals surface area contributed by atoms with E-state index in [1.54, 1.807) is 0 Å². The summed E-state index contributed by atoms with van der Waals surface area (Å²) in [7, 11) is 0. The third-order valence-corrected chi connectivity index (χ3v) is 2.48. The van der Waals surface area contributed by atoms with Crippen LogP contribution in [0.25, 0.3) is 0 Å². The van der Waals surface area contributed by atoms with Crippen molar-refractivity contribution in [2.45, 2.75) is 11.8 Å². The first-order chi connectivity index (χ1) is 5.34. The van der Waals surface area contributed by atoms with Crippen LogP contribution in [0.4, 0.5) is 0 Å². The first kappa shape index (κ1) is 8.59. The van der Waals surface area contributed by atoms with E-state index in [1.165, 1.54) is 0 Å². The Kier molecular flexibility index (Phi) is 3.42. The molecule has 11 heavy (non-hydrogen) atoms. The molecule has 1 aromatic carbocycles. The van der Waals surface area contributed by atoms with Crippen molar-refractivity contribution in [1.82, 2.24) is 4.72 Å². The van der Waals surface area contributed by atoms with Crippen molar-refractivity contribution in [3.63, 3.8) is 0 Å². The molecule has 0 aliphatic rings. The molecule has 2 nitrogen and oxygen atoms in total. The maximum atomic E-state index is 11.2. The van der Waals surface area contributed by atoms with Gasteiger partial charge in [-0.3, -0.25) is 0 Å². The van der Waals surface area contributed by atoms with E-state index >= 15 is 0 Å². The Morgan fingerprint density at radius 3 is 2.55 bits per heavy atom. The van der Waals surface area contributed by atoms with Gasteiger partial charge in [0.25, 0.3) is 0 Å². The molecule has 3 heteroatoms. The van der Waals surface area contributed by atoms with E-state index in [0.717, 1.165) is 11.4 Å². The van der Waals surface area contributed by atoms with Crippen molar-refractivity contribution in [3.8, 4) is 0 Å². The molecule has 1 N–H and O–H groups in total. The molecular weight excluding hydrogens is 158 g/mol. The van der Waals surface area contributed by atoms with Gasteiger partial charge in [0.05, 0.1) is 11.4 Å². The highest BCUT2D eigenvalue weighted by atomic mass is 32.2. The Labute approximate surface area is 69.9 Å². The van der Waals surface area contributed by atoms with Gasteiger partial charge in [0, 0.05) is 6.54 Å². The van der Waals surface area contributed by atoms with E-state index in [4.69, 9.17) is 0 Å². The fraction of sp³-hybridized carbons (Fsp3) is 0.250. The third-order valence-electron chi connectivity index (χ3n) is 1.23. The van der Waals surface area contributed by atoms with Gasteiger partial charge < -0.3 is 4.55 Å². The minimum Gasteiger partial charge on any atom is -0.593 e. The average molecular weight is 169 g/mol. The summed E-state index contributed by atoms with van der Waals surface area (Å²) in [5.74, 6) is 0. The van der Waals surface area contributed by atoms with E-state index in [0.29, 0.717) is 0 Å². The third kappa shape index (κ3) is 2.54. The van der Waals surface area contributed by atoms with Crippen LogP contribution in [0.3, 0.4) is 0 Å². The van der Waals surface area contributed by atoms with Gasteiger partial charge in [0.1, 0.15) is 0 Å². The number of hydrogen-bond donors (Lipinski definition) is 1. The topological polar surface area (TPSA) is 35.1 Å². The summed E-state index contributed by atoms with van der Waals surface area (Å²) in [6.07, 6.45) is 0. The number of hydrogen-bond acceptors (Lipinski definition) is 2. The van der Waals surface area contributed by atoms with Gasteiger partial charge in [0.15, 0.2) is 4.90 Å². The molecule has 0 heterocycles. The molecule has 1 atom stereocenters. The smallest absolute Gasteiger partial charge is 0.173 e. The highest BCUT2D eigenvalue weighted by Gasteiger charge is 2.06. The minimum atomic E-state index is -1.03. The first-order valence-electron chi connectivity index (χ1n) is 3.55. The van der Waals surface area contributed by atoms with Crippen LogP contribution in [0, 0.1) is 0 Å². The molecule has 0 radical (unpaired) electrons. The van der Waals surface area contributed by atoms with Crippen LogP contribution >= 0.6 is 0 Å². The van der Waals surface area contributed by atoms with E-state index in [2.05, 4.69) is 4.72 Å². The van der Waals surface area contributed by atoms with E-state index < -0.39 is 11.4 Å². The second-order valence-electron chi connectivity index (χ2n) is 2.08. The summed E-state index contributed by atoms with van der Waals surface area (Å²) in [6.45, 7) is 2.66. The molecule has 0 amide bonds. The van der Waals surface area contributed by atoms with E-state index in [1.807, 2.05) is 37.3 Å². The lowest BCUT2D eigenvalue weighted by atomic mass is 10.4. The molecule has 0 aliphatic heterocycles. The van der Waals surface area contributed by atoms with Gasteiger partial charge in [-0.1, -0.05) is 18.2 Å². The lowest BCUT2D eigenvalue weighted by Crippen LogP contribution is -2.22. The summed E-state index contributed by atoms with van der Waals surface area (Å²) < 4.78 is 14.1. The summed E-state index contributed by atoms with van der Waals surface area (Å²) in [5.41, 5.74) is 0. The quantitative estimate of drug-likeness (QED) is 0.692. The van der Waals surface area contributed by atoms with Crippen molar-refractivity contribution >= 4 is 11.4 Å². The van der Waals surface area contributed by atoms with Gasteiger partial charge >= 0.3 is 0 Å². The van der Waals surface area contributed by atoms with Gasteiger partial charge in [-0.25, -0.2) is 0 Å². The standard InChI is InChI=1S/C8H11NOS/c1-2-9-11(10)8-6-4-3-5-7-8/h3-7,9H,2H2,1H3. The highest BCUT2D eigenvalue weighted by Crippen LogP contribution is 2.05. The lowest BCUT2D eigenvalue weighted by molar-refractivity contribution is 0.583. The molecule has 0 aromatic heterocycles. The second-order valence-corrected chi connectivity index (χ2v) is 3.38. The summed E-state index contributed by atoms with van der Waals surface area (Å²) in [4.78, 5) is 0.828. The maximum absolute atomic E-state index is 11.2. The minimum absolute atomic E-state index is 0.724. The zero-order valence-electron chi connectivity index (χ0n) is 6.41. The predicted molar refractivity (Wildman–Crippen MR) is 46.5 cm³/mol. The summed E-state index contributed by atoms with van der Waals surface area (Å²) >= 11 is -1.03.